The molecule has 2 aromatic carbocycles. The normalized spacial score (nSPS) is 14.5. The van der Waals surface area contributed by atoms with Gasteiger partial charge >= 0.3 is 0 Å². The Morgan fingerprint density at radius 1 is 1.23 bits per heavy atom. The van der Waals surface area contributed by atoms with E-state index >= 15 is 0 Å². The van der Waals surface area contributed by atoms with E-state index in [9.17, 15) is 9.18 Å². The van der Waals surface area contributed by atoms with Gasteiger partial charge in [0.15, 0.2) is 5.69 Å². The highest BCUT2D eigenvalue weighted by molar-refractivity contribution is 6.04. The van der Waals surface area contributed by atoms with Crippen LogP contribution in [0.3, 0.4) is 0 Å². The highest BCUT2D eigenvalue weighted by atomic mass is 19.1. The summed E-state index contributed by atoms with van der Waals surface area (Å²) in [6.45, 7) is 2.08. The zero-order chi connectivity index (χ0) is 20.9. The number of para-hydroxylation sites is 2. The second-order valence-electron chi connectivity index (χ2n) is 7.29. The largest absolute Gasteiger partial charge is 0.495 e. The highest BCUT2D eigenvalue weighted by Crippen LogP contribution is 2.29. The number of carbonyl (C=O) groups excluding carboxylic acids is 1. The lowest BCUT2D eigenvalue weighted by Crippen LogP contribution is -2.29. The number of hydrogen-bond acceptors (Lipinski definition) is 5. The van der Waals surface area contributed by atoms with Gasteiger partial charge in [-0.2, -0.15) is 0 Å². The van der Waals surface area contributed by atoms with Crippen LogP contribution in [0.15, 0.2) is 48.5 Å². The fraction of sp³-hybridized carbons (Fsp3) is 0.318. The number of nitrogens with one attached hydrogen (secondary N) is 2. The molecule has 1 saturated heterocycles. The van der Waals surface area contributed by atoms with Crippen LogP contribution in [0.5, 0.6) is 5.75 Å². The number of halogens is 1. The summed E-state index contributed by atoms with van der Waals surface area (Å²) in [5.74, 6) is 0.0818. The maximum absolute atomic E-state index is 13.6. The van der Waals surface area contributed by atoms with Gasteiger partial charge in [-0.25, -0.2) is 9.07 Å². The van der Waals surface area contributed by atoms with Crippen LogP contribution in [0.4, 0.5) is 10.1 Å². The summed E-state index contributed by atoms with van der Waals surface area (Å²) in [6, 6.07) is 13.6. The highest BCUT2D eigenvalue weighted by Gasteiger charge is 2.28. The van der Waals surface area contributed by atoms with Crippen LogP contribution in [0.1, 0.15) is 40.5 Å². The molecule has 30 heavy (non-hydrogen) atoms. The Labute approximate surface area is 174 Å². The fourth-order valence-corrected chi connectivity index (χ4v) is 3.84. The Kier molecular flexibility index (Phi) is 6.04. The van der Waals surface area contributed by atoms with E-state index < -0.39 is 0 Å². The molecule has 1 aliphatic rings. The van der Waals surface area contributed by atoms with E-state index in [2.05, 4.69) is 20.9 Å². The molecule has 4 rings (SSSR count). The molecule has 0 spiro atoms. The number of nitrogens with zero attached hydrogens (tertiary/aromatic N) is 3. The molecule has 0 aliphatic carbocycles. The number of benzene rings is 2. The summed E-state index contributed by atoms with van der Waals surface area (Å²) < 4.78 is 20.7. The van der Waals surface area contributed by atoms with Gasteiger partial charge in [0.25, 0.3) is 5.91 Å². The first-order chi connectivity index (χ1) is 14.7. The van der Waals surface area contributed by atoms with Crippen molar-refractivity contribution in [3.8, 4) is 5.75 Å². The minimum absolute atomic E-state index is 0.147. The van der Waals surface area contributed by atoms with Gasteiger partial charge in [0, 0.05) is 5.92 Å². The first-order valence-electron chi connectivity index (χ1n) is 9.98. The topological polar surface area (TPSA) is 81.1 Å². The van der Waals surface area contributed by atoms with Crippen molar-refractivity contribution in [2.24, 2.45) is 0 Å². The molecule has 0 unspecified atom stereocenters. The Balaban J connectivity index is 1.66. The zero-order valence-electron chi connectivity index (χ0n) is 16.8. The molecule has 1 fully saturated rings. The van der Waals surface area contributed by atoms with Crippen LogP contribution < -0.4 is 15.4 Å². The molecule has 2 N–H and O–H groups in total. The molecular weight excluding hydrogens is 385 g/mol. The fourth-order valence-electron chi connectivity index (χ4n) is 3.84. The first kappa shape index (κ1) is 20.0. The van der Waals surface area contributed by atoms with Crippen molar-refractivity contribution in [2.75, 3.05) is 25.5 Å². The van der Waals surface area contributed by atoms with Gasteiger partial charge in [0.2, 0.25) is 0 Å². The van der Waals surface area contributed by atoms with E-state index in [1.54, 1.807) is 30.0 Å². The Hall–Kier alpha value is -3.26. The van der Waals surface area contributed by atoms with Crippen LogP contribution in [0, 0.1) is 5.82 Å². The summed E-state index contributed by atoms with van der Waals surface area (Å²) >= 11 is 0. The predicted molar refractivity (Wildman–Crippen MR) is 111 cm³/mol. The van der Waals surface area contributed by atoms with E-state index in [0.717, 1.165) is 37.2 Å². The van der Waals surface area contributed by atoms with Crippen molar-refractivity contribution in [1.29, 1.82) is 0 Å². The third-order valence-corrected chi connectivity index (χ3v) is 5.29. The smallest absolute Gasteiger partial charge is 0.278 e. The molecule has 7 nitrogen and oxygen atoms in total. The van der Waals surface area contributed by atoms with Gasteiger partial charge < -0.3 is 15.4 Å². The lowest BCUT2D eigenvalue weighted by molar-refractivity contribution is 0.102. The maximum Gasteiger partial charge on any atom is 0.278 e. The molecule has 1 aromatic heterocycles. The van der Waals surface area contributed by atoms with Crippen molar-refractivity contribution in [3.63, 3.8) is 0 Å². The second-order valence-corrected chi connectivity index (χ2v) is 7.29. The molecule has 0 radical (unpaired) electrons. The average molecular weight is 409 g/mol. The number of ether oxygens (including phenoxy) is 1. The summed E-state index contributed by atoms with van der Waals surface area (Å²) in [5.41, 5.74) is 2.42. The molecule has 1 aliphatic heterocycles. The summed E-state index contributed by atoms with van der Waals surface area (Å²) in [4.78, 5) is 13.1. The van der Waals surface area contributed by atoms with E-state index in [1.165, 1.54) is 12.1 Å². The number of aromatic nitrogens is 3. The van der Waals surface area contributed by atoms with Crippen LogP contribution in [0.2, 0.25) is 0 Å². The van der Waals surface area contributed by atoms with Gasteiger partial charge in [-0.15, -0.1) is 5.10 Å². The molecule has 1 amide bonds. The van der Waals surface area contributed by atoms with Crippen molar-refractivity contribution in [2.45, 2.75) is 25.3 Å². The average Bonchev–Trinajstić information content (AvgIpc) is 3.18. The molecule has 0 bridgehead atoms. The van der Waals surface area contributed by atoms with E-state index in [4.69, 9.17) is 4.74 Å². The third-order valence-electron chi connectivity index (χ3n) is 5.29. The summed E-state index contributed by atoms with van der Waals surface area (Å²) in [7, 11) is 1.56. The van der Waals surface area contributed by atoms with E-state index in [0.29, 0.717) is 23.7 Å². The molecule has 156 valence electrons. The van der Waals surface area contributed by atoms with Crippen LogP contribution in [0.25, 0.3) is 0 Å². The number of hydrogen-bond donors (Lipinski definition) is 2. The Morgan fingerprint density at radius 3 is 2.80 bits per heavy atom. The maximum atomic E-state index is 13.6. The van der Waals surface area contributed by atoms with E-state index in [-0.39, 0.29) is 17.6 Å². The van der Waals surface area contributed by atoms with Gasteiger partial charge in [0.1, 0.15) is 11.6 Å². The second kappa shape index (κ2) is 9.04. The number of piperidine rings is 1. The molecular formula is C22H24FN5O2. The van der Waals surface area contributed by atoms with Gasteiger partial charge in [0.05, 0.1) is 25.0 Å². The molecule has 0 saturated carbocycles. The van der Waals surface area contributed by atoms with Crippen LogP contribution in [-0.2, 0) is 6.54 Å². The summed E-state index contributed by atoms with van der Waals surface area (Å²) in [6.07, 6.45) is 1.76. The first-order valence-corrected chi connectivity index (χ1v) is 9.98. The molecule has 8 heteroatoms. The van der Waals surface area contributed by atoms with Crippen LogP contribution in [-0.4, -0.2) is 41.1 Å². The van der Waals surface area contributed by atoms with Gasteiger partial charge in [-0.3, -0.25) is 4.79 Å². The molecule has 2 heterocycles. The molecule has 3 aromatic rings. The third kappa shape index (κ3) is 4.33. The van der Waals surface area contributed by atoms with Crippen molar-refractivity contribution >= 4 is 11.6 Å². The number of methoxy groups -OCH3 is 1. The number of amides is 1. The van der Waals surface area contributed by atoms with Gasteiger partial charge in [-0.1, -0.05) is 29.5 Å². The number of anilines is 1. The predicted octanol–water partition coefficient (Wildman–Crippen LogP) is 3.19. The quantitative estimate of drug-likeness (QED) is 0.654. The number of rotatable bonds is 6. The zero-order valence-corrected chi connectivity index (χ0v) is 16.8. The lowest BCUT2D eigenvalue weighted by atomic mass is 9.92. The minimum Gasteiger partial charge on any atom is -0.495 e. The van der Waals surface area contributed by atoms with Crippen LogP contribution >= 0.6 is 0 Å². The monoisotopic (exact) mass is 409 g/mol. The van der Waals surface area contributed by atoms with Crippen molar-refractivity contribution in [1.82, 2.24) is 20.3 Å². The SMILES string of the molecule is COc1ccccc1NC(=O)c1nnn(Cc2cccc(F)c2)c1C1CCNCC1. The van der Waals surface area contributed by atoms with Crippen molar-refractivity contribution in [3.05, 3.63) is 71.3 Å². The standard InChI is InChI=1S/C22H24FN5O2/c1-30-19-8-3-2-7-18(19)25-22(29)20-21(16-9-11-24-12-10-16)28(27-26-20)14-15-5-4-6-17(23)13-15/h2-8,13,16,24H,9-12,14H2,1H3,(H,25,29). The van der Waals surface area contributed by atoms with E-state index in [1.807, 2.05) is 18.2 Å². The lowest BCUT2D eigenvalue weighted by Gasteiger charge is -2.24. The van der Waals surface area contributed by atoms with Crippen molar-refractivity contribution < 1.29 is 13.9 Å². The Morgan fingerprint density at radius 2 is 2.03 bits per heavy atom. The Bertz CT molecular complexity index is 1030. The molecule has 0 atom stereocenters. The summed E-state index contributed by atoms with van der Waals surface area (Å²) in [5, 5.41) is 14.7. The van der Waals surface area contributed by atoms with Gasteiger partial charge in [-0.05, 0) is 55.8 Å². The minimum atomic E-state index is -0.335. The number of carbonyl (C=O) groups is 1.